The summed E-state index contributed by atoms with van der Waals surface area (Å²) in [6.07, 6.45) is 0. The summed E-state index contributed by atoms with van der Waals surface area (Å²) in [4.78, 5) is 4.79. The Morgan fingerprint density at radius 2 is 1.81 bits per heavy atom. The van der Waals surface area contributed by atoms with Crippen LogP contribution in [0.4, 0.5) is 11.4 Å². The number of ether oxygens (including phenoxy) is 1. The molecule has 1 aromatic heterocycles. The van der Waals surface area contributed by atoms with E-state index in [0.717, 1.165) is 31.2 Å². The van der Waals surface area contributed by atoms with Gasteiger partial charge in [0.2, 0.25) is 0 Å². The van der Waals surface area contributed by atoms with Crippen LogP contribution in [-0.4, -0.2) is 36.4 Å². The van der Waals surface area contributed by atoms with E-state index in [2.05, 4.69) is 51.2 Å². The number of aromatic nitrogens is 2. The fourth-order valence-corrected chi connectivity index (χ4v) is 3.38. The van der Waals surface area contributed by atoms with Crippen molar-refractivity contribution in [1.29, 1.82) is 0 Å². The predicted molar refractivity (Wildman–Crippen MR) is 86.5 cm³/mol. The Morgan fingerprint density at radius 1 is 1.10 bits per heavy atom. The summed E-state index contributed by atoms with van der Waals surface area (Å²) < 4.78 is 5.40. The van der Waals surface area contributed by atoms with Gasteiger partial charge in [-0.1, -0.05) is 28.6 Å². The van der Waals surface area contributed by atoms with E-state index in [1.165, 1.54) is 22.7 Å². The fraction of sp³-hybridized carbons (Fsp3) is 0.467. The van der Waals surface area contributed by atoms with Crippen LogP contribution in [0.3, 0.4) is 0 Å². The van der Waals surface area contributed by atoms with Gasteiger partial charge in [0.15, 0.2) is 0 Å². The minimum absolute atomic E-state index is 0.632. The summed E-state index contributed by atoms with van der Waals surface area (Å²) in [6, 6.07) is 8.57. The third-order valence-corrected chi connectivity index (χ3v) is 4.45. The van der Waals surface area contributed by atoms with E-state index in [0.29, 0.717) is 11.8 Å². The van der Waals surface area contributed by atoms with Gasteiger partial charge < -0.3 is 14.5 Å². The maximum atomic E-state index is 5.40. The number of para-hydroxylation sites is 2. The second-order valence-corrected chi connectivity index (χ2v) is 5.91. The molecule has 0 spiro atoms. The number of nitrogens with zero attached hydrogens (tertiary/aromatic N) is 4. The Balaban J connectivity index is 1.79. The molecule has 1 aliphatic heterocycles. The first-order chi connectivity index (χ1) is 10.3. The van der Waals surface area contributed by atoms with Crippen molar-refractivity contribution in [3.05, 3.63) is 29.3 Å². The summed E-state index contributed by atoms with van der Waals surface area (Å²) in [5.41, 5.74) is 2.58. The lowest BCUT2D eigenvalue weighted by Gasteiger charge is -2.38. The van der Waals surface area contributed by atoms with E-state index in [9.17, 15) is 0 Å². The first kappa shape index (κ1) is 14.1. The van der Waals surface area contributed by atoms with Crippen LogP contribution in [0, 0.1) is 0 Å². The standard InChI is InChI=1S/C15H20N4OS/c1-3-18-9-10-19(13-8-6-5-7-12(13)18)11-14-16-17-15(21-14)20-4-2/h5-8H,3-4,9-11H2,1-2H3. The second-order valence-electron chi connectivity index (χ2n) is 4.88. The van der Waals surface area contributed by atoms with Crippen LogP contribution < -0.4 is 14.5 Å². The van der Waals surface area contributed by atoms with Gasteiger partial charge in [0.1, 0.15) is 5.01 Å². The maximum Gasteiger partial charge on any atom is 0.294 e. The number of rotatable bonds is 5. The molecule has 5 nitrogen and oxygen atoms in total. The molecule has 0 bridgehead atoms. The number of fused-ring (bicyclic) bond motifs is 1. The predicted octanol–water partition coefficient (Wildman–Crippen LogP) is 2.78. The Bertz CT molecular complexity index is 601. The molecule has 0 radical (unpaired) electrons. The highest BCUT2D eigenvalue weighted by atomic mass is 32.1. The average Bonchev–Trinajstić information content (AvgIpc) is 2.95. The van der Waals surface area contributed by atoms with Crippen LogP contribution in [0.5, 0.6) is 5.19 Å². The highest BCUT2D eigenvalue weighted by Gasteiger charge is 2.22. The summed E-state index contributed by atoms with van der Waals surface area (Å²) in [5, 5.41) is 9.96. The van der Waals surface area contributed by atoms with Gasteiger partial charge >= 0.3 is 0 Å². The van der Waals surface area contributed by atoms with Gasteiger partial charge in [0.05, 0.1) is 24.5 Å². The van der Waals surface area contributed by atoms with Crippen LogP contribution in [0.15, 0.2) is 24.3 Å². The molecular weight excluding hydrogens is 284 g/mol. The van der Waals surface area contributed by atoms with Gasteiger partial charge in [-0.2, -0.15) is 0 Å². The molecular formula is C15H20N4OS. The average molecular weight is 304 g/mol. The van der Waals surface area contributed by atoms with Crippen LogP contribution in [-0.2, 0) is 6.54 Å². The van der Waals surface area contributed by atoms with Crippen molar-refractivity contribution in [2.75, 3.05) is 36.0 Å². The van der Waals surface area contributed by atoms with E-state index in [1.54, 1.807) is 0 Å². The Kier molecular flexibility index (Phi) is 4.24. The molecule has 0 saturated carbocycles. The molecule has 2 heterocycles. The van der Waals surface area contributed by atoms with E-state index in [4.69, 9.17) is 4.74 Å². The molecule has 0 unspecified atom stereocenters. The number of anilines is 2. The molecule has 2 aromatic rings. The van der Waals surface area contributed by atoms with Crippen molar-refractivity contribution in [3.63, 3.8) is 0 Å². The molecule has 112 valence electrons. The summed E-state index contributed by atoms with van der Waals surface area (Å²) in [7, 11) is 0. The lowest BCUT2D eigenvalue weighted by atomic mass is 10.1. The molecule has 0 aliphatic carbocycles. The molecule has 0 amide bonds. The number of hydrogen-bond acceptors (Lipinski definition) is 6. The first-order valence-electron chi connectivity index (χ1n) is 7.36. The van der Waals surface area contributed by atoms with E-state index in [-0.39, 0.29) is 0 Å². The third kappa shape index (κ3) is 2.95. The highest BCUT2D eigenvalue weighted by molar-refractivity contribution is 7.13. The summed E-state index contributed by atoms with van der Waals surface area (Å²) in [6.45, 7) is 8.68. The van der Waals surface area contributed by atoms with Gasteiger partial charge in [-0.05, 0) is 26.0 Å². The van der Waals surface area contributed by atoms with Crippen molar-refractivity contribution < 1.29 is 4.74 Å². The van der Waals surface area contributed by atoms with Crippen LogP contribution in [0.25, 0.3) is 0 Å². The van der Waals surface area contributed by atoms with Crippen molar-refractivity contribution in [2.24, 2.45) is 0 Å². The van der Waals surface area contributed by atoms with Gasteiger partial charge in [-0.3, -0.25) is 0 Å². The van der Waals surface area contributed by atoms with Crippen LogP contribution in [0.2, 0.25) is 0 Å². The highest BCUT2D eigenvalue weighted by Crippen LogP contribution is 2.34. The molecule has 0 saturated heterocycles. The zero-order valence-corrected chi connectivity index (χ0v) is 13.3. The lowest BCUT2D eigenvalue weighted by Crippen LogP contribution is -2.40. The van der Waals surface area contributed by atoms with Crippen molar-refractivity contribution in [3.8, 4) is 5.19 Å². The molecule has 0 fully saturated rings. The SMILES string of the molecule is CCOc1nnc(CN2CCN(CC)c3ccccc32)s1. The van der Waals surface area contributed by atoms with E-state index in [1.807, 2.05) is 6.92 Å². The van der Waals surface area contributed by atoms with Crippen molar-refractivity contribution in [2.45, 2.75) is 20.4 Å². The van der Waals surface area contributed by atoms with Crippen molar-refractivity contribution in [1.82, 2.24) is 10.2 Å². The zero-order valence-electron chi connectivity index (χ0n) is 12.5. The first-order valence-corrected chi connectivity index (χ1v) is 8.17. The van der Waals surface area contributed by atoms with Gasteiger partial charge in [0, 0.05) is 19.6 Å². The molecule has 1 aliphatic rings. The number of likely N-dealkylation sites (N-methyl/N-ethyl adjacent to an activating group) is 1. The third-order valence-electron chi connectivity index (χ3n) is 3.63. The largest absolute Gasteiger partial charge is 0.469 e. The monoisotopic (exact) mass is 304 g/mol. The van der Waals surface area contributed by atoms with Crippen LogP contribution in [0.1, 0.15) is 18.9 Å². The molecule has 3 rings (SSSR count). The maximum absolute atomic E-state index is 5.40. The Morgan fingerprint density at radius 3 is 2.52 bits per heavy atom. The number of benzene rings is 1. The normalized spacial score (nSPS) is 14.2. The van der Waals surface area contributed by atoms with Gasteiger partial charge in [0.25, 0.3) is 5.19 Å². The second kappa shape index (κ2) is 6.30. The molecule has 6 heteroatoms. The zero-order chi connectivity index (χ0) is 14.7. The topological polar surface area (TPSA) is 41.5 Å². The van der Waals surface area contributed by atoms with E-state index < -0.39 is 0 Å². The molecule has 0 atom stereocenters. The van der Waals surface area contributed by atoms with Gasteiger partial charge in [-0.25, -0.2) is 0 Å². The van der Waals surface area contributed by atoms with Crippen LogP contribution >= 0.6 is 11.3 Å². The summed E-state index contributed by atoms with van der Waals surface area (Å²) in [5.74, 6) is 0. The molecule has 1 aromatic carbocycles. The Hall–Kier alpha value is -1.82. The molecule has 21 heavy (non-hydrogen) atoms. The van der Waals surface area contributed by atoms with E-state index >= 15 is 0 Å². The van der Waals surface area contributed by atoms with Crippen molar-refractivity contribution >= 4 is 22.7 Å². The Labute approximate surface area is 129 Å². The fourth-order valence-electron chi connectivity index (χ4n) is 2.62. The lowest BCUT2D eigenvalue weighted by molar-refractivity contribution is 0.335. The minimum atomic E-state index is 0.632. The molecule has 0 N–H and O–H groups in total. The number of hydrogen-bond donors (Lipinski definition) is 0. The summed E-state index contributed by atoms with van der Waals surface area (Å²) >= 11 is 1.53. The minimum Gasteiger partial charge on any atom is -0.469 e. The van der Waals surface area contributed by atoms with Gasteiger partial charge in [-0.15, -0.1) is 5.10 Å². The smallest absolute Gasteiger partial charge is 0.294 e. The quantitative estimate of drug-likeness (QED) is 0.849.